The minimum atomic E-state index is -2.42. The van der Waals surface area contributed by atoms with Crippen LogP contribution in [0.4, 0.5) is 0 Å². The quantitative estimate of drug-likeness (QED) is 0.106. The number of esters is 2. The summed E-state index contributed by atoms with van der Waals surface area (Å²) in [5, 5.41) is 0. The first-order valence-corrected chi connectivity index (χ1v) is 23.4. The number of hydrogen-bond donors (Lipinski definition) is 0. The first kappa shape index (κ1) is 32.2. The topological polar surface area (TPSA) is 80.3 Å². The van der Waals surface area contributed by atoms with E-state index in [9.17, 15) is 9.59 Å². The maximum Gasteiger partial charge on any atom is 0.333 e. The second-order valence-corrected chi connectivity index (χ2v) is 26.8. The van der Waals surface area contributed by atoms with Gasteiger partial charge < -0.3 is 21.8 Å². The second-order valence-electron chi connectivity index (χ2n) is 10.7. The predicted molar refractivity (Wildman–Crippen MR) is 144 cm³/mol. The van der Waals surface area contributed by atoms with Crippen molar-refractivity contribution in [1.82, 2.24) is 0 Å². The molecule has 0 atom stereocenters. The molecule has 0 aromatic rings. The molecule has 0 rings (SSSR count). The zero-order valence-electron chi connectivity index (χ0n) is 22.5. The van der Waals surface area contributed by atoms with Crippen molar-refractivity contribution in [1.29, 1.82) is 0 Å². The highest BCUT2D eigenvalue weighted by atomic mass is 28.5. The number of hydrogen-bond acceptors (Lipinski definition) is 7. The SMILES string of the molecule is C=C(C)C(=O)OCCC[Si](C)(C)O[Si](C)(C)O[Si](C)(C)O[Si](C)(C)CCCOC(=O)C(=C)C. The summed E-state index contributed by atoms with van der Waals surface area (Å²) in [6.07, 6.45) is 1.52. The fraction of sp³-hybridized carbons (Fsp3) is 0.727. The summed E-state index contributed by atoms with van der Waals surface area (Å²) in [7, 11) is -8.83. The van der Waals surface area contributed by atoms with E-state index in [-0.39, 0.29) is 11.9 Å². The van der Waals surface area contributed by atoms with Crippen LogP contribution in [0.2, 0.25) is 64.5 Å². The molecule has 0 saturated heterocycles. The van der Waals surface area contributed by atoms with Crippen LogP contribution in [0, 0.1) is 0 Å². The van der Waals surface area contributed by atoms with Gasteiger partial charge in [0, 0.05) is 11.1 Å². The molecular formula is C22H46O7Si4. The van der Waals surface area contributed by atoms with Gasteiger partial charge in [-0.2, -0.15) is 0 Å². The van der Waals surface area contributed by atoms with Crippen molar-refractivity contribution in [2.24, 2.45) is 0 Å². The molecule has 0 aliphatic carbocycles. The molecule has 11 heteroatoms. The van der Waals surface area contributed by atoms with Gasteiger partial charge in [-0.15, -0.1) is 0 Å². The van der Waals surface area contributed by atoms with Crippen LogP contribution in [-0.2, 0) is 31.4 Å². The van der Waals surface area contributed by atoms with Gasteiger partial charge in [0.15, 0.2) is 16.6 Å². The molecule has 0 fully saturated rings. The lowest BCUT2D eigenvalue weighted by molar-refractivity contribution is -0.139. The third-order valence-electron chi connectivity index (χ3n) is 4.55. The number of rotatable bonds is 16. The molecule has 0 saturated carbocycles. The van der Waals surface area contributed by atoms with E-state index in [1.165, 1.54) is 0 Å². The van der Waals surface area contributed by atoms with Crippen LogP contribution in [0.15, 0.2) is 24.3 Å². The average molecular weight is 535 g/mol. The maximum atomic E-state index is 11.5. The molecule has 0 aromatic carbocycles. The van der Waals surface area contributed by atoms with Gasteiger partial charge >= 0.3 is 29.1 Å². The van der Waals surface area contributed by atoms with Gasteiger partial charge in [-0.1, -0.05) is 13.2 Å². The standard InChI is InChI=1S/C22H46O7Si4/c1-19(2)21(23)25-15-13-17-30(5,6)27-32(9,10)29-33(11,12)28-31(7,8)18-14-16-26-22(24)20(3)4/h1,3,13-18H2,2,4-12H3. The van der Waals surface area contributed by atoms with Crippen LogP contribution in [0.3, 0.4) is 0 Å². The van der Waals surface area contributed by atoms with E-state index in [0.29, 0.717) is 24.4 Å². The summed E-state index contributed by atoms with van der Waals surface area (Å²) in [4.78, 5) is 23.0. The van der Waals surface area contributed by atoms with Gasteiger partial charge in [0.05, 0.1) is 13.2 Å². The van der Waals surface area contributed by atoms with Crippen molar-refractivity contribution >= 4 is 45.7 Å². The number of carbonyl (C=O) groups excluding carboxylic acids is 2. The Balaban J connectivity index is 4.66. The Bertz CT molecular complexity index is 645. The van der Waals surface area contributed by atoms with Crippen LogP contribution < -0.4 is 0 Å². The van der Waals surface area contributed by atoms with Crippen molar-refractivity contribution in [2.75, 3.05) is 13.2 Å². The highest BCUT2D eigenvalue weighted by Crippen LogP contribution is 2.27. The van der Waals surface area contributed by atoms with E-state index in [1.807, 2.05) is 0 Å². The summed E-state index contributed by atoms with van der Waals surface area (Å²) in [6.45, 7) is 28.2. The van der Waals surface area contributed by atoms with Crippen molar-refractivity contribution in [3.63, 3.8) is 0 Å². The van der Waals surface area contributed by atoms with Gasteiger partial charge in [0.25, 0.3) is 0 Å². The molecule has 0 N–H and O–H groups in total. The summed E-state index contributed by atoms with van der Waals surface area (Å²) >= 11 is 0. The molecule has 0 spiro atoms. The van der Waals surface area contributed by atoms with Gasteiger partial charge in [0.1, 0.15) is 0 Å². The average Bonchev–Trinajstić information content (AvgIpc) is 2.58. The molecular weight excluding hydrogens is 489 g/mol. The highest BCUT2D eigenvalue weighted by Gasteiger charge is 2.43. The summed E-state index contributed by atoms with van der Waals surface area (Å²) in [5.74, 6) is -0.696. The Morgan fingerprint density at radius 2 is 0.909 bits per heavy atom. The van der Waals surface area contributed by atoms with E-state index < -0.39 is 33.8 Å². The maximum absolute atomic E-state index is 11.5. The van der Waals surface area contributed by atoms with Crippen LogP contribution >= 0.6 is 0 Å². The van der Waals surface area contributed by atoms with E-state index in [2.05, 4.69) is 65.5 Å². The molecule has 0 unspecified atom stereocenters. The Morgan fingerprint density at radius 1 is 0.606 bits per heavy atom. The Hall–Kier alpha value is -0.832. The molecule has 0 radical (unpaired) electrons. The van der Waals surface area contributed by atoms with Crippen molar-refractivity contribution in [2.45, 2.75) is 91.2 Å². The van der Waals surface area contributed by atoms with E-state index in [0.717, 1.165) is 24.9 Å². The number of ether oxygens (including phenoxy) is 2. The van der Waals surface area contributed by atoms with Crippen LogP contribution in [0.1, 0.15) is 26.7 Å². The zero-order valence-corrected chi connectivity index (χ0v) is 26.5. The predicted octanol–water partition coefficient (Wildman–Crippen LogP) is 5.87. The molecule has 0 aliphatic rings. The molecule has 0 aromatic heterocycles. The van der Waals surface area contributed by atoms with E-state index >= 15 is 0 Å². The van der Waals surface area contributed by atoms with Crippen LogP contribution in [0.5, 0.6) is 0 Å². The zero-order chi connectivity index (χ0) is 26.1. The molecule has 192 valence electrons. The number of carbonyl (C=O) groups is 2. The summed E-state index contributed by atoms with van der Waals surface area (Å²) in [6, 6.07) is 1.75. The van der Waals surface area contributed by atoms with Gasteiger partial charge in [-0.25, -0.2) is 9.59 Å². The lowest BCUT2D eigenvalue weighted by Crippen LogP contribution is -2.56. The molecule has 7 nitrogen and oxygen atoms in total. The molecule has 0 aliphatic heterocycles. The normalized spacial score (nSPS) is 12.9. The highest BCUT2D eigenvalue weighted by molar-refractivity contribution is 6.89. The molecule has 0 heterocycles. The summed E-state index contributed by atoms with van der Waals surface area (Å²) in [5.41, 5.74) is 0.826. The van der Waals surface area contributed by atoms with Crippen molar-refractivity contribution < 1.29 is 31.4 Å². The minimum Gasteiger partial charge on any atom is -0.462 e. The van der Waals surface area contributed by atoms with Gasteiger partial charge in [0.2, 0.25) is 0 Å². The van der Waals surface area contributed by atoms with Crippen LogP contribution in [-0.4, -0.2) is 58.9 Å². The second kappa shape index (κ2) is 13.3. The van der Waals surface area contributed by atoms with Crippen molar-refractivity contribution in [3.8, 4) is 0 Å². The monoisotopic (exact) mass is 534 g/mol. The molecule has 0 bridgehead atoms. The molecule has 33 heavy (non-hydrogen) atoms. The summed E-state index contributed by atoms with van der Waals surface area (Å²) < 4.78 is 30.1. The van der Waals surface area contributed by atoms with Crippen molar-refractivity contribution in [3.05, 3.63) is 24.3 Å². The lowest BCUT2D eigenvalue weighted by atomic mass is 10.4. The Morgan fingerprint density at radius 3 is 1.18 bits per heavy atom. The van der Waals surface area contributed by atoms with Gasteiger partial charge in [-0.3, -0.25) is 0 Å². The van der Waals surface area contributed by atoms with Gasteiger partial charge in [-0.05, 0) is 91.2 Å². The smallest absolute Gasteiger partial charge is 0.333 e. The molecule has 0 amide bonds. The fourth-order valence-corrected chi connectivity index (χ4v) is 22.9. The minimum absolute atomic E-state index is 0.348. The third kappa shape index (κ3) is 15.6. The first-order valence-electron chi connectivity index (χ1n) is 11.5. The fourth-order valence-electron chi connectivity index (χ4n) is 3.64. The van der Waals surface area contributed by atoms with Crippen LogP contribution in [0.25, 0.3) is 0 Å². The first-order chi connectivity index (χ1) is 14.8. The Labute approximate surface area is 205 Å². The third-order valence-corrected chi connectivity index (χ3v) is 19.9. The van der Waals surface area contributed by atoms with E-state index in [1.54, 1.807) is 13.8 Å². The largest absolute Gasteiger partial charge is 0.462 e. The lowest BCUT2D eigenvalue weighted by Gasteiger charge is -2.41. The Kier molecular flexibility index (Phi) is 13.0. The van der Waals surface area contributed by atoms with E-state index in [4.69, 9.17) is 21.8 Å².